The Morgan fingerprint density at radius 2 is 1.83 bits per heavy atom. The van der Waals surface area contributed by atoms with Crippen LogP contribution in [0, 0.1) is 13.8 Å². The third-order valence-corrected chi connectivity index (χ3v) is 3.86. The molecule has 0 aliphatic rings. The Bertz CT molecular complexity index is 737. The molecule has 0 unspecified atom stereocenters. The monoisotopic (exact) mass is 334 g/mol. The number of nitrogens with zero attached hydrogens (tertiary/aromatic N) is 2. The zero-order valence-electron chi connectivity index (χ0n) is 13.5. The number of aryl methyl sites for hydroxylation is 2. The van der Waals surface area contributed by atoms with Gasteiger partial charge in [-0.25, -0.2) is 0 Å². The van der Waals surface area contributed by atoms with E-state index in [-0.39, 0.29) is 11.8 Å². The van der Waals surface area contributed by atoms with Gasteiger partial charge in [0.05, 0.1) is 5.69 Å². The minimum absolute atomic E-state index is 0.307. The van der Waals surface area contributed by atoms with Gasteiger partial charge in [-0.3, -0.25) is 14.3 Å². The van der Waals surface area contributed by atoms with E-state index in [2.05, 4.69) is 15.7 Å². The average Bonchev–Trinajstić information content (AvgIpc) is 2.74. The van der Waals surface area contributed by atoms with Gasteiger partial charge in [0.25, 0.3) is 5.91 Å². The molecule has 0 bridgehead atoms. The fourth-order valence-electron chi connectivity index (χ4n) is 2.11. The van der Waals surface area contributed by atoms with E-state index in [1.165, 1.54) is 0 Å². The minimum Gasteiger partial charge on any atom is -0.341 e. The topological polar surface area (TPSA) is 76.0 Å². The first-order valence-electron chi connectivity index (χ1n) is 7.17. The number of rotatable bonds is 4. The van der Waals surface area contributed by atoms with Crippen LogP contribution in [0.2, 0.25) is 5.02 Å². The van der Waals surface area contributed by atoms with Crippen LogP contribution in [0.1, 0.15) is 28.5 Å². The van der Waals surface area contributed by atoms with E-state index in [1.807, 2.05) is 13.8 Å². The summed E-state index contributed by atoms with van der Waals surface area (Å²) in [6, 6.07) is 5.78. The summed E-state index contributed by atoms with van der Waals surface area (Å²) < 4.78 is 1.61. The molecule has 0 fully saturated rings. The summed E-state index contributed by atoms with van der Waals surface area (Å²) in [5, 5.41) is 10.2. The van der Waals surface area contributed by atoms with Crippen LogP contribution in [-0.4, -0.2) is 27.6 Å². The lowest BCUT2D eigenvalue weighted by atomic mass is 10.2. The second kappa shape index (κ2) is 6.83. The van der Waals surface area contributed by atoms with E-state index in [0.29, 0.717) is 16.4 Å². The second-order valence-electron chi connectivity index (χ2n) is 5.37. The van der Waals surface area contributed by atoms with E-state index in [0.717, 1.165) is 11.3 Å². The van der Waals surface area contributed by atoms with Gasteiger partial charge in [0, 0.05) is 23.2 Å². The normalized spacial score (nSPS) is 11.9. The number of hydrogen-bond acceptors (Lipinski definition) is 3. The smallest absolute Gasteiger partial charge is 0.251 e. The summed E-state index contributed by atoms with van der Waals surface area (Å²) in [6.45, 7) is 5.38. The third-order valence-electron chi connectivity index (χ3n) is 3.61. The van der Waals surface area contributed by atoms with Crippen molar-refractivity contribution in [3.05, 3.63) is 46.1 Å². The van der Waals surface area contributed by atoms with Crippen molar-refractivity contribution in [1.82, 2.24) is 15.1 Å². The van der Waals surface area contributed by atoms with Gasteiger partial charge in [-0.15, -0.1) is 0 Å². The van der Waals surface area contributed by atoms with Crippen LogP contribution in [0.3, 0.4) is 0 Å². The number of benzene rings is 1. The Labute approximate surface area is 139 Å². The van der Waals surface area contributed by atoms with Gasteiger partial charge < -0.3 is 10.6 Å². The van der Waals surface area contributed by atoms with E-state index in [1.54, 1.807) is 42.9 Å². The largest absolute Gasteiger partial charge is 0.341 e. The first-order valence-corrected chi connectivity index (χ1v) is 7.55. The van der Waals surface area contributed by atoms with Crippen LogP contribution in [-0.2, 0) is 11.8 Å². The van der Waals surface area contributed by atoms with Crippen molar-refractivity contribution in [2.45, 2.75) is 26.8 Å². The van der Waals surface area contributed by atoms with Crippen molar-refractivity contribution in [2.75, 3.05) is 5.32 Å². The maximum atomic E-state index is 12.3. The Hall–Kier alpha value is -2.34. The Balaban J connectivity index is 2.02. The number of halogens is 1. The summed E-state index contributed by atoms with van der Waals surface area (Å²) in [4.78, 5) is 24.4. The van der Waals surface area contributed by atoms with Crippen LogP contribution in [0.4, 0.5) is 5.82 Å². The molecule has 2 rings (SSSR count). The molecular formula is C16H19ClN4O2. The lowest BCUT2D eigenvalue weighted by Crippen LogP contribution is -2.42. The van der Waals surface area contributed by atoms with Crippen molar-refractivity contribution < 1.29 is 9.59 Å². The van der Waals surface area contributed by atoms with Crippen molar-refractivity contribution in [3.63, 3.8) is 0 Å². The number of anilines is 1. The zero-order valence-corrected chi connectivity index (χ0v) is 14.2. The van der Waals surface area contributed by atoms with Crippen LogP contribution >= 0.6 is 11.6 Å². The summed E-state index contributed by atoms with van der Waals surface area (Å²) in [7, 11) is 1.76. The highest BCUT2D eigenvalue weighted by molar-refractivity contribution is 6.30. The average molecular weight is 335 g/mol. The Morgan fingerprint density at radius 1 is 1.22 bits per heavy atom. The Kier molecular flexibility index (Phi) is 5.05. The number of aromatic nitrogens is 2. The highest BCUT2D eigenvalue weighted by Gasteiger charge is 2.19. The van der Waals surface area contributed by atoms with Crippen LogP contribution in [0.15, 0.2) is 24.3 Å². The van der Waals surface area contributed by atoms with Gasteiger partial charge in [-0.2, -0.15) is 5.10 Å². The lowest BCUT2D eigenvalue weighted by molar-refractivity contribution is -0.117. The van der Waals surface area contributed by atoms with E-state index in [9.17, 15) is 9.59 Å². The van der Waals surface area contributed by atoms with Gasteiger partial charge in [0.1, 0.15) is 11.9 Å². The highest BCUT2D eigenvalue weighted by Crippen LogP contribution is 2.17. The molecule has 1 aromatic heterocycles. The van der Waals surface area contributed by atoms with E-state index in [4.69, 9.17) is 11.6 Å². The molecule has 7 heteroatoms. The zero-order chi connectivity index (χ0) is 17.1. The molecule has 2 N–H and O–H groups in total. The predicted molar refractivity (Wildman–Crippen MR) is 89.7 cm³/mol. The van der Waals surface area contributed by atoms with Crippen LogP contribution < -0.4 is 10.6 Å². The first-order chi connectivity index (χ1) is 10.8. The molecule has 0 saturated heterocycles. The van der Waals surface area contributed by atoms with Crippen LogP contribution in [0.5, 0.6) is 0 Å². The molecular weight excluding hydrogens is 316 g/mol. The molecule has 1 heterocycles. The Morgan fingerprint density at radius 3 is 2.35 bits per heavy atom. The number of nitrogens with one attached hydrogen (secondary N) is 2. The van der Waals surface area contributed by atoms with Crippen LogP contribution in [0.25, 0.3) is 0 Å². The van der Waals surface area contributed by atoms with Crippen molar-refractivity contribution in [3.8, 4) is 0 Å². The van der Waals surface area contributed by atoms with Gasteiger partial charge in [0.2, 0.25) is 5.91 Å². The van der Waals surface area contributed by atoms with E-state index < -0.39 is 6.04 Å². The summed E-state index contributed by atoms with van der Waals surface area (Å²) in [5.41, 5.74) is 2.19. The second-order valence-corrected chi connectivity index (χ2v) is 5.81. The number of amides is 2. The molecule has 6 nitrogen and oxygen atoms in total. The van der Waals surface area contributed by atoms with Crippen molar-refractivity contribution >= 4 is 29.2 Å². The number of carbonyl (C=O) groups is 2. The molecule has 0 aliphatic carbocycles. The molecule has 0 saturated carbocycles. The predicted octanol–water partition coefficient (Wildman–Crippen LogP) is 2.45. The van der Waals surface area contributed by atoms with Gasteiger partial charge >= 0.3 is 0 Å². The maximum Gasteiger partial charge on any atom is 0.251 e. The molecule has 1 aromatic carbocycles. The lowest BCUT2D eigenvalue weighted by Gasteiger charge is -2.15. The SMILES string of the molecule is Cc1nn(C)c(NC(=O)[C@H](C)NC(=O)c2ccc(Cl)cc2)c1C. The van der Waals surface area contributed by atoms with Gasteiger partial charge in [0.15, 0.2) is 0 Å². The summed E-state index contributed by atoms with van der Waals surface area (Å²) in [5.74, 6) is -0.0132. The standard InChI is InChI=1S/C16H19ClN4O2/c1-9-10(2)20-21(4)14(9)19-15(22)11(3)18-16(23)12-5-7-13(17)8-6-12/h5-8,11H,1-4H3,(H,18,23)(H,19,22)/t11-/m0/s1. The number of hydrogen-bond donors (Lipinski definition) is 2. The minimum atomic E-state index is -0.687. The molecule has 0 radical (unpaired) electrons. The molecule has 2 amide bonds. The molecule has 122 valence electrons. The molecule has 2 aromatic rings. The van der Waals surface area contributed by atoms with Gasteiger partial charge in [-0.05, 0) is 45.0 Å². The quantitative estimate of drug-likeness (QED) is 0.901. The highest BCUT2D eigenvalue weighted by atomic mass is 35.5. The molecule has 1 atom stereocenters. The third kappa shape index (κ3) is 3.90. The fourth-order valence-corrected chi connectivity index (χ4v) is 2.24. The van der Waals surface area contributed by atoms with E-state index >= 15 is 0 Å². The first kappa shape index (κ1) is 17.0. The van der Waals surface area contributed by atoms with Crippen molar-refractivity contribution in [1.29, 1.82) is 0 Å². The van der Waals surface area contributed by atoms with Crippen molar-refractivity contribution in [2.24, 2.45) is 7.05 Å². The summed E-state index contributed by atoms with van der Waals surface area (Å²) >= 11 is 5.79. The molecule has 23 heavy (non-hydrogen) atoms. The summed E-state index contributed by atoms with van der Waals surface area (Å²) in [6.07, 6.45) is 0. The number of carbonyl (C=O) groups excluding carboxylic acids is 2. The van der Waals surface area contributed by atoms with Gasteiger partial charge in [-0.1, -0.05) is 11.6 Å². The maximum absolute atomic E-state index is 12.3. The molecule has 0 aliphatic heterocycles. The molecule has 0 spiro atoms. The fraction of sp³-hybridized carbons (Fsp3) is 0.312.